The molecule has 0 spiro atoms. The molecule has 1 amide bonds. The minimum atomic E-state index is -3.59. The molecule has 162 valence electrons. The van der Waals surface area contributed by atoms with Crippen LogP contribution in [-0.2, 0) is 19.3 Å². The maximum absolute atomic E-state index is 12.6. The van der Waals surface area contributed by atoms with E-state index >= 15 is 0 Å². The number of carbonyl (C=O) groups excluding carboxylic acids is 1. The van der Waals surface area contributed by atoms with Crippen LogP contribution in [0.3, 0.4) is 0 Å². The number of morpholine rings is 1. The maximum atomic E-state index is 12.6. The lowest BCUT2D eigenvalue weighted by Crippen LogP contribution is -2.56. The summed E-state index contributed by atoms with van der Waals surface area (Å²) in [6, 6.07) is -0.127. The van der Waals surface area contributed by atoms with Gasteiger partial charge in [-0.25, -0.2) is 18.4 Å². The van der Waals surface area contributed by atoms with E-state index in [9.17, 15) is 18.3 Å². The minimum absolute atomic E-state index is 0.0250. The van der Waals surface area contributed by atoms with Gasteiger partial charge in [-0.15, -0.1) is 0 Å². The molecule has 11 heteroatoms. The molecule has 0 bridgehead atoms. The number of nitrogens with zero attached hydrogens (tertiary/aromatic N) is 3. The molecule has 2 aliphatic heterocycles. The fourth-order valence-corrected chi connectivity index (χ4v) is 3.83. The monoisotopic (exact) mass is 428 g/mol. The van der Waals surface area contributed by atoms with E-state index in [1.54, 1.807) is 6.92 Å². The summed E-state index contributed by atoms with van der Waals surface area (Å²) in [6.45, 7) is 7.83. The Kier molecular flexibility index (Phi) is 5.76. The number of fused-ring (bicyclic) bond motifs is 3. The lowest BCUT2D eigenvalue weighted by atomic mass is 10.0. The van der Waals surface area contributed by atoms with E-state index in [2.05, 4.69) is 15.3 Å². The predicted molar refractivity (Wildman–Crippen MR) is 106 cm³/mol. The molecule has 0 radical (unpaired) electrons. The Balaban J connectivity index is 2.17. The number of hydrogen-bond acceptors (Lipinski definition) is 9. The van der Waals surface area contributed by atoms with E-state index < -0.39 is 26.6 Å². The average molecular weight is 429 g/mol. The van der Waals surface area contributed by atoms with Gasteiger partial charge >= 0.3 is 0 Å². The molecule has 3 heterocycles. The molecule has 0 unspecified atom stereocenters. The van der Waals surface area contributed by atoms with Gasteiger partial charge in [-0.2, -0.15) is 0 Å². The number of nitrogens with one attached hydrogen (secondary N) is 1. The first-order chi connectivity index (χ1) is 13.4. The highest BCUT2D eigenvalue weighted by Gasteiger charge is 2.44. The van der Waals surface area contributed by atoms with Crippen molar-refractivity contribution in [2.24, 2.45) is 0 Å². The van der Waals surface area contributed by atoms with Crippen molar-refractivity contribution >= 4 is 21.6 Å². The molecule has 0 aliphatic carbocycles. The van der Waals surface area contributed by atoms with Crippen LogP contribution >= 0.6 is 0 Å². The number of ether oxygens (including phenoxy) is 2. The van der Waals surface area contributed by atoms with Crippen molar-refractivity contribution in [1.29, 1.82) is 0 Å². The molecular weight excluding hydrogens is 400 g/mol. The van der Waals surface area contributed by atoms with Gasteiger partial charge in [0.25, 0.3) is 5.91 Å². The lowest BCUT2D eigenvalue weighted by molar-refractivity contribution is 0.0481. The first-order valence-corrected chi connectivity index (χ1v) is 11.4. The quantitative estimate of drug-likeness (QED) is 0.657. The van der Waals surface area contributed by atoms with Crippen molar-refractivity contribution in [3.63, 3.8) is 0 Å². The molecule has 1 aromatic heterocycles. The van der Waals surface area contributed by atoms with Crippen molar-refractivity contribution in [1.82, 2.24) is 15.3 Å². The number of aliphatic hydroxyl groups excluding tert-OH is 1. The number of sulfone groups is 1. The number of amides is 1. The van der Waals surface area contributed by atoms with Crippen molar-refractivity contribution in [3.8, 4) is 5.75 Å². The molecule has 1 saturated heterocycles. The van der Waals surface area contributed by atoms with Gasteiger partial charge in [0.15, 0.2) is 21.4 Å². The lowest BCUT2D eigenvalue weighted by Gasteiger charge is -2.45. The SMILES string of the molecule is C[C@@H]1COC[C@H]2COc3c(nc(C(=O)NC[C@@H](C)O)nc3C(C)(C)S(C)(=O)=O)N21. The number of aromatic nitrogens is 2. The Hall–Kier alpha value is -1.98. The molecule has 2 aliphatic rings. The summed E-state index contributed by atoms with van der Waals surface area (Å²) < 4.78 is 35.1. The van der Waals surface area contributed by atoms with Gasteiger partial charge in [-0.3, -0.25) is 4.79 Å². The third kappa shape index (κ3) is 4.03. The Morgan fingerprint density at radius 3 is 2.66 bits per heavy atom. The van der Waals surface area contributed by atoms with Crippen LogP contribution < -0.4 is 15.0 Å². The zero-order valence-electron chi connectivity index (χ0n) is 17.3. The second-order valence-corrected chi connectivity index (χ2v) is 10.7. The fraction of sp³-hybridized carbons (Fsp3) is 0.722. The predicted octanol–water partition coefficient (Wildman–Crippen LogP) is -0.147. The van der Waals surface area contributed by atoms with Gasteiger partial charge in [0, 0.05) is 12.8 Å². The van der Waals surface area contributed by atoms with Crippen molar-refractivity contribution in [2.45, 2.75) is 50.6 Å². The molecule has 2 N–H and O–H groups in total. The highest BCUT2D eigenvalue weighted by molar-refractivity contribution is 7.91. The first-order valence-electron chi connectivity index (χ1n) is 9.50. The summed E-state index contributed by atoms with van der Waals surface area (Å²) in [7, 11) is -3.59. The van der Waals surface area contributed by atoms with Crippen LogP contribution in [0.15, 0.2) is 0 Å². The second-order valence-electron chi connectivity index (χ2n) is 8.15. The normalized spacial score (nSPS) is 22.9. The fourth-order valence-electron chi connectivity index (χ4n) is 3.34. The number of hydrogen-bond donors (Lipinski definition) is 2. The third-order valence-electron chi connectivity index (χ3n) is 5.31. The van der Waals surface area contributed by atoms with Crippen LogP contribution in [0.5, 0.6) is 5.75 Å². The van der Waals surface area contributed by atoms with Crippen molar-refractivity contribution < 1.29 is 27.8 Å². The summed E-state index contributed by atoms with van der Waals surface area (Å²) in [4.78, 5) is 23.4. The van der Waals surface area contributed by atoms with Gasteiger partial charge in [0.1, 0.15) is 17.0 Å². The Bertz CT molecular complexity index is 902. The number of carbonyl (C=O) groups is 1. The van der Waals surface area contributed by atoms with Gasteiger partial charge in [0.05, 0.1) is 31.4 Å². The highest BCUT2D eigenvalue weighted by atomic mass is 32.2. The summed E-state index contributed by atoms with van der Waals surface area (Å²) in [5.74, 6) is -0.0974. The van der Waals surface area contributed by atoms with E-state index in [1.807, 2.05) is 11.8 Å². The maximum Gasteiger partial charge on any atom is 0.289 e. The topological polar surface area (TPSA) is 131 Å². The van der Waals surface area contributed by atoms with E-state index in [-0.39, 0.29) is 35.9 Å². The molecule has 3 atom stereocenters. The Morgan fingerprint density at radius 1 is 1.34 bits per heavy atom. The van der Waals surface area contributed by atoms with Crippen LogP contribution in [-0.4, -0.2) is 80.2 Å². The summed E-state index contributed by atoms with van der Waals surface area (Å²) in [6.07, 6.45) is 0.382. The standard InChI is InChI=1S/C18H28N4O6S/c1-10-7-27-8-12-9-28-13-14(18(3,4)29(5,25)26)20-15(21-16(13)22(10)12)17(24)19-6-11(2)23/h10-12,23H,6-9H2,1-5H3,(H,19,24)/t10-,11-,12+/m1/s1. The van der Waals surface area contributed by atoms with Crippen LogP contribution in [0.25, 0.3) is 0 Å². The van der Waals surface area contributed by atoms with Gasteiger partial charge < -0.3 is 24.8 Å². The Labute approximate surface area is 170 Å². The van der Waals surface area contributed by atoms with E-state index in [0.717, 1.165) is 6.26 Å². The molecule has 0 aromatic carbocycles. The molecule has 0 saturated carbocycles. The first kappa shape index (κ1) is 21.7. The third-order valence-corrected chi connectivity index (χ3v) is 7.36. The summed E-state index contributed by atoms with van der Waals surface area (Å²) in [5.41, 5.74) is 0.143. The number of rotatable bonds is 5. The van der Waals surface area contributed by atoms with E-state index in [4.69, 9.17) is 9.47 Å². The van der Waals surface area contributed by atoms with Crippen molar-refractivity contribution in [3.05, 3.63) is 11.5 Å². The van der Waals surface area contributed by atoms with Crippen LogP contribution in [0.1, 0.15) is 44.0 Å². The van der Waals surface area contributed by atoms with Gasteiger partial charge in [-0.1, -0.05) is 0 Å². The highest BCUT2D eigenvalue weighted by Crippen LogP contribution is 2.43. The minimum Gasteiger partial charge on any atom is -0.486 e. The number of anilines is 1. The summed E-state index contributed by atoms with van der Waals surface area (Å²) >= 11 is 0. The zero-order chi connectivity index (χ0) is 21.6. The van der Waals surface area contributed by atoms with Crippen LogP contribution in [0.4, 0.5) is 5.82 Å². The molecule has 29 heavy (non-hydrogen) atoms. The van der Waals surface area contributed by atoms with E-state index in [0.29, 0.717) is 25.6 Å². The van der Waals surface area contributed by atoms with Gasteiger partial charge in [0.2, 0.25) is 5.82 Å². The smallest absolute Gasteiger partial charge is 0.289 e. The second kappa shape index (κ2) is 7.69. The van der Waals surface area contributed by atoms with E-state index in [1.165, 1.54) is 13.8 Å². The molecule has 1 aromatic rings. The van der Waals surface area contributed by atoms with Crippen LogP contribution in [0, 0.1) is 0 Å². The van der Waals surface area contributed by atoms with Crippen molar-refractivity contribution in [2.75, 3.05) is 37.5 Å². The average Bonchev–Trinajstić information content (AvgIpc) is 2.63. The number of aliphatic hydroxyl groups is 1. The van der Waals surface area contributed by atoms with Gasteiger partial charge in [-0.05, 0) is 27.7 Å². The summed E-state index contributed by atoms with van der Waals surface area (Å²) in [5, 5.41) is 12.0. The Morgan fingerprint density at radius 2 is 2.03 bits per heavy atom. The molecule has 3 rings (SSSR count). The molecular formula is C18H28N4O6S. The zero-order valence-corrected chi connectivity index (χ0v) is 18.1. The molecule has 1 fully saturated rings. The largest absolute Gasteiger partial charge is 0.486 e. The van der Waals surface area contributed by atoms with Crippen LogP contribution in [0.2, 0.25) is 0 Å². The molecule has 10 nitrogen and oxygen atoms in total.